The highest BCUT2D eigenvalue weighted by Gasteiger charge is 2.12. The number of pyridine rings is 1. The normalized spacial score (nSPS) is 10.6. The van der Waals surface area contributed by atoms with Crippen molar-refractivity contribution in [2.75, 3.05) is 32.6 Å². The second kappa shape index (κ2) is 9.15. The third-order valence-corrected chi connectivity index (χ3v) is 3.94. The zero-order valence-electron chi connectivity index (χ0n) is 14.2. The van der Waals surface area contributed by atoms with E-state index in [1.165, 1.54) is 13.2 Å². The first-order valence-corrected chi connectivity index (χ1v) is 8.12. The van der Waals surface area contributed by atoms with Crippen LogP contribution in [0, 0.1) is 0 Å². The number of nitrogens with zero attached hydrogens (tertiary/aromatic N) is 2. The lowest BCUT2D eigenvalue weighted by Gasteiger charge is -2.16. The zero-order chi connectivity index (χ0) is 18.2. The van der Waals surface area contributed by atoms with Crippen molar-refractivity contribution in [2.45, 2.75) is 6.42 Å². The van der Waals surface area contributed by atoms with E-state index in [9.17, 15) is 9.59 Å². The summed E-state index contributed by atoms with van der Waals surface area (Å²) >= 11 is 6.08. The maximum Gasteiger partial charge on any atom is 0.337 e. The molecule has 0 bridgehead atoms. The number of methoxy groups -OCH3 is 1. The van der Waals surface area contributed by atoms with Gasteiger partial charge in [0.05, 0.1) is 29.9 Å². The molecule has 132 valence electrons. The summed E-state index contributed by atoms with van der Waals surface area (Å²) in [6.07, 6.45) is 4.32. The highest BCUT2D eigenvalue weighted by atomic mass is 35.5. The molecular formula is C18H20ClN3O3. The van der Waals surface area contributed by atoms with E-state index in [4.69, 9.17) is 11.6 Å². The average molecular weight is 362 g/mol. The Kier molecular flexibility index (Phi) is 6.91. The molecule has 6 nitrogen and oxygen atoms in total. The average Bonchev–Trinajstić information content (AvgIpc) is 2.62. The van der Waals surface area contributed by atoms with Crippen molar-refractivity contribution in [3.05, 3.63) is 58.9 Å². The lowest BCUT2D eigenvalue weighted by molar-refractivity contribution is -0.117. The Morgan fingerprint density at radius 3 is 2.64 bits per heavy atom. The second-order valence-corrected chi connectivity index (χ2v) is 5.98. The number of amides is 1. The molecule has 0 aliphatic rings. The fourth-order valence-corrected chi connectivity index (χ4v) is 2.41. The molecule has 0 radical (unpaired) electrons. The Hall–Kier alpha value is -2.44. The van der Waals surface area contributed by atoms with E-state index < -0.39 is 5.97 Å². The van der Waals surface area contributed by atoms with E-state index in [1.54, 1.807) is 24.5 Å². The number of hydrogen-bond acceptors (Lipinski definition) is 5. The van der Waals surface area contributed by atoms with E-state index in [-0.39, 0.29) is 12.5 Å². The van der Waals surface area contributed by atoms with Gasteiger partial charge in [-0.05, 0) is 49.4 Å². The molecule has 25 heavy (non-hydrogen) atoms. The van der Waals surface area contributed by atoms with Gasteiger partial charge in [0.25, 0.3) is 0 Å². The number of hydrogen-bond donors (Lipinski definition) is 1. The minimum atomic E-state index is -0.485. The fraction of sp³-hybridized carbons (Fsp3) is 0.278. The number of esters is 1. The highest BCUT2D eigenvalue weighted by Crippen LogP contribution is 2.23. The molecule has 0 saturated carbocycles. The Morgan fingerprint density at radius 1 is 1.24 bits per heavy atom. The molecule has 1 amide bonds. The predicted molar refractivity (Wildman–Crippen MR) is 96.9 cm³/mol. The number of halogens is 1. The van der Waals surface area contributed by atoms with Crippen LogP contribution in [0.15, 0.2) is 42.7 Å². The third-order valence-electron chi connectivity index (χ3n) is 3.61. The molecule has 0 unspecified atom stereocenters. The SMILES string of the molecule is COC(=O)c1ccc(Cl)c(NC(=O)CN(C)CCc2ccncc2)c1. The van der Waals surface area contributed by atoms with E-state index in [2.05, 4.69) is 15.0 Å². The summed E-state index contributed by atoms with van der Waals surface area (Å²) in [5.74, 6) is -0.692. The zero-order valence-corrected chi connectivity index (χ0v) is 14.9. The molecule has 0 aliphatic carbocycles. The summed E-state index contributed by atoms with van der Waals surface area (Å²) in [4.78, 5) is 29.7. The number of ether oxygens (including phenoxy) is 1. The van der Waals surface area contributed by atoms with Crippen LogP contribution in [0.4, 0.5) is 5.69 Å². The van der Waals surface area contributed by atoms with Gasteiger partial charge < -0.3 is 10.1 Å². The summed E-state index contributed by atoms with van der Waals surface area (Å²) in [6.45, 7) is 0.942. The van der Waals surface area contributed by atoms with Crippen molar-refractivity contribution in [2.24, 2.45) is 0 Å². The predicted octanol–water partition coefficient (Wildman–Crippen LogP) is 2.63. The molecule has 1 aromatic heterocycles. The number of aromatic nitrogens is 1. The van der Waals surface area contributed by atoms with Gasteiger partial charge in [-0.1, -0.05) is 11.6 Å². The van der Waals surface area contributed by atoms with Crippen LogP contribution in [0.1, 0.15) is 15.9 Å². The number of carbonyl (C=O) groups is 2. The van der Waals surface area contributed by atoms with Gasteiger partial charge in [0, 0.05) is 18.9 Å². The Balaban J connectivity index is 1.90. The van der Waals surface area contributed by atoms with Gasteiger partial charge in [0.1, 0.15) is 0 Å². The van der Waals surface area contributed by atoms with Gasteiger partial charge in [0.15, 0.2) is 0 Å². The van der Waals surface area contributed by atoms with Crippen LogP contribution in [-0.4, -0.2) is 49.0 Å². The number of rotatable bonds is 7. The van der Waals surface area contributed by atoms with E-state index in [1.807, 2.05) is 24.1 Å². The third kappa shape index (κ3) is 5.85. The minimum Gasteiger partial charge on any atom is -0.465 e. The molecule has 0 aliphatic heterocycles. The van der Waals surface area contributed by atoms with Gasteiger partial charge in [-0.3, -0.25) is 14.7 Å². The summed E-state index contributed by atoms with van der Waals surface area (Å²) in [6, 6.07) is 8.50. The Labute approximate surface area is 151 Å². The van der Waals surface area contributed by atoms with Crippen LogP contribution in [0.2, 0.25) is 5.02 Å². The van der Waals surface area contributed by atoms with Gasteiger partial charge >= 0.3 is 5.97 Å². The van der Waals surface area contributed by atoms with Crippen molar-refractivity contribution >= 4 is 29.2 Å². The van der Waals surface area contributed by atoms with Gasteiger partial charge in [-0.25, -0.2) is 4.79 Å². The number of nitrogens with one attached hydrogen (secondary N) is 1. The van der Waals surface area contributed by atoms with Crippen LogP contribution < -0.4 is 5.32 Å². The Bertz CT molecular complexity index is 738. The Morgan fingerprint density at radius 2 is 1.96 bits per heavy atom. The van der Waals surface area contributed by atoms with Crippen molar-refractivity contribution in [1.29, 1.82) is 0 Å². The fourth-order valence-electron chi connectivity index (χ4n) is 2.25. The molecule has 2 rings (SSSR count). The van der Waals surface area contributed by atoms with Gasteiger partial charge in [0.2, 0.25) is 5.91 Å². The largest absolute Gasteiger partial charge is 0.465 e. The molecule has 1 heterocycles. The molecule has 2 aromatic rings. The van der Waals surface area contributed by atoms with E-state index in [0.29, 0.717) is 16.3 Å². The van der Waals surface area contributed by atoms with Crippen LogP contribution in [0.5, 0.6) is 0 Å². The van der Waals surface area contributed by atoms with Crippen molar-refractivity contribution in [3.63, 3.8) is 0 Å². The van der Waals surface area contributed by atoms with Crippen LogP contribution in [0.3, 0.4) is 0 Å². The molecule has 0 spiro atoms. The molecular weight excluding hydrogens is 342 g/mol. The van der Waals surface area contributed by atoms with E-state index in [0.717, 1.165) is 18.5 Å². The van der Waals surface area contributed by atoms with Crippen molar-refractivity contribution in [3.8, 4) is 0 Å². The lowest BCUT2D eigenvalue weighted by Crippen LogP contribution is -2.31. The monoisotopic (exact) mass is 361 g/mol. The van der Waals surface area contributed by atoms with E-state index >= 15 is 0 Å². The topological polar surface area (TPSA) is 71.5 Å². The maximum absolute atomic E-state index is 12.2. The minimum absolute atomic E-state index is 0.207. The molecule has 0 saturated heterocycles. The first kappa shape index (κ1) is 18.9. The standard InChI is InChI=1S/C18H20ClN3O3/c1-22(10-7-13-5-8-20-9-6-13)12-17(23)21-16-11-14(18(24)25-2)3-4-15(16)19/h3-6,8-9,11H,7,10,12H2,1-2H3,(H,21,23). The highest BCUT2D eigenvalue weighted by molar-refractivity contribution is 6.33. The summed E-state index contributed by atoms with van der Waals surface area (Å²) in [5, 5.41) is 3.09. The van der Waals surface area contributed by atoms with Crippen LogP contribution >= 0.6 is 11.6 Å². The maximum atomic E-state index is 12.2. The number of carbonyl (C=O) groups excluding carboxylic acids is 2. The van der Waals surface area contributed by atoms with Crippen molar-refractivity contribution < 1.29 is 14.3 Å². The summed E-state index contributed by atoms with van der Waals surface area (Å²) < 4.78 is 4.67. The lowest BCUT2D eigenvalue weighted by atomic mass is 10.2. The van der Waals surface area contributed by atoms with Crippen LogP contribution in [0.25, 0.3) is 0 Å². The molecule has 0 fully saturated rings. The van der Waals surface area contributed by atoms with Crippen molar-refractivity contribution in [1.82, 2.24) is 9.88 Å². The molecule has 7 heteroatoms. The number of anilines is 1. The smallest absolute Gasteiger partial charge is 0.337 e. The quantitative estimate of drug-likeness (QED) is 0.767. The number of benzene rings is 1. The van der Waals surface area contributed by atoms with Gasteiger partial charge in [-0.15, -0.1) is 0 Å². The summed E-state index contributed by atoms with van der Waals surface area (Å²) in [7, 11) is 3.17. The van der Waals surface area contributed by atoms with Crippen LogP contribution in [-0.2, 0) is 16.0 Å². The molecule has 1 N–H and O–H groups in total. The van der Waals surface area contributed by atoms with Gasteiger partial charge in [-0.2, -0.15) is 0 Å². The molecule has 1 aromatic carbocycles. The number of likely N-dealkylation sites (N-methyl/N-ethyl adjacent to an activating group) is 1. The first-order chi connectivity index (χ1) is 12.0. The molecule has 0 atom stereocenters. The second-order valence-electron chi connectivity index (χ2n) is 5.58. The first-order valence-electron chi connectivity index (χ1n) is 7.74. The summed E-state index contributed by atoms with van der Waals surface area (Å²) in [5.41, 5.74) is 1.88.